The van der Waals surface area contributed by atoms with Crippen molar-refractivity contribution in [1.29, 1.82) is 0 Å². The second kappa shape index (κ2) is 9.95. The van der Waals surface area contributed by atoms with Crippen LogP contribution in [-0.2, 0) is 35.0 Å². The molecule has 0 N–H and O–H groups in total. The lowest BCUT2D eigenvalue weighted by Gasteiger charge is -2.25. The Balaban J connectivity index is 1.71. The molecule has 4 heterocycles. The Bertz CT molecular complexity index is 1810. The zero-order valence-electron chi connectivity index (χ0n) is 22.2. The van der Waals surface area contributed by atoms with E-state index < -0.39 is 26.8 Å². The Morgan fingerprint density at radius 1 is 1.18 bits per heavy atom. The molecule has 0 atom stereocenters. The number of aromatic nitrogens is 5. The maximum absolute atomic E-state index is 13.8. The zero-order valence-corrected chi connectivity index (χ0v) is 24.7. The Morgan fingerprint density at radius 3 is 2.46 bits per heavy atom. The third-order valence-corrected chi connectivity index (χ3v) is 11.4. The van der Waals surface area contributed by atoms with Gasteiger partial charge in [0.05, 0.1) is 41.1 Å². The standard InChI is InChI=1S/C24H28BN6O5S3/c1-14(2)19-8-16(28(5)27-19)11-30-22-18(21(33)29(23(30)34)12-17-10-26-15(3)37-17)9-20(38-22)39(35,36)31(25-13-32)24(4)6-7-24/h8-10,13-14H,6-7,11-12H2,1-5H3. The van der Waals surface area contributed by atoms with Crippen LogP contribution in [0.25, 0.3) is 10.2 Å². The average Bonchev–Trinajstić information content (AvgIpc) is 3.20. The Hall–Kier alpha value is -2.88. The molecular weight excluding hydrogens is 559 g/mol. The lowest BCUT2D eigenvalue weighted by Crippen LogP contribution is -2.43. The molecule has 0 aliphatic heterocycles. The predicted molar refractivity (Wildman–Crippen MR) is 152 cm³/mol. The van der Waals surface area contributed by atoms with E-state index in [1.54, 1.807) is 24.9 Å². The molecule has 1 fully saturated rings. The maximum atomic E-state index is 13.8. The van der Waals surface area contributed by atoms with Crippen LogP contribution in [0.3, 0.4) is 0 Å². The smallest absolute Gasteiger partial charge is 0.313 e. The first-order valence-corrected chi connectivity index (χ1v) is 15.5. The lowest BCUT2D eigenvalue weighted by molar-refractivity contribution is 0.454. The van der Waals surface area contributed by atoms with Gasteiger partial charge in [-0.15, -0.1) is 22.7 Å². The van der Waals surface area contributed by atoms with Gasteiger partial charge in [-0.2, -0.15) is 5.10 Å². The molecule has 5 rings (SSSR count). The monoisotopic (exact) mass is 587 g/mol. The number of thiophene rings is 1. The molecule has 15 heteroatoms. The summed E-state index contributed by atoms with van der Waals surface area (Å²) in [6.45, 7) is 7.76. The molecule has 4 aromatic heterocycles. The molecule has 39 heavy (non-hydrogen) atoms. The first-order chi connectivity index (χ1) is 18.4. The topological polar surface area (TPSA) is 129 Å². The number of carbonyl (C=O) groups excluding carboxylic acids is 1. The van der Waals surface area contributed by atoms with Crippen molar-refractivity contribution in [3.05, 3.63) is 60.4 Å². The fraction of sp³-hybridized carbons (Fsp3) is 0.458. The van der Waals surface area contributed by atoms with Crippen LogP contribution in [0.5, 0.6) is 0 Å². The van der Waals surface area contributed by atoms with Gasteiger partial charge in [0.2, 0.25) is 10.0 Å². The number of fused-ring (bicyclic) bond motifs is 1. The number of hydrogen-bond donors (Lipinski definition) is 0. The van der Waals surface area contributed by atoms with E-state index in [-0.39, 0.29) is 33.4 Å². The largest absolute Gasteiger partial charge is 0.332 e. The second-order valence-corrected chi connectivity index (χ2v) is 14.7. The van der Waals surface area contributed by atoms with Gasteiger partial charge in [0.1, 0.15) is 9.04 Å². The van der Waals surface area contributed by atoms with Gasteiger partial charge in [-0.05, 0) is 44.7 Å². The minimum atomic E-state index is -4.15. The van der Waals surface area contributed by atoms with E-state index in [4.69, 9.17) is 0 Å². The van der Waals surface area contributed by atoms with Gasteiger partial charge in [-0.1, -0.05) is 13.8 Å². The molecule has 0 amide bonds. The summed E-state index contributed by atoms with van der Waals surface area (Å²) in [6.07, 6.45) is 3.31. The number of hydrogen-bond acceptors (Lipinski definition) is 9. The first kappa shape index (κ1) is 27.7. The van der Waals surface area contributed by atoms with E-state index in [9.17, 15) is 22.8 Å². The number of aryl methyl sites for hydroxylation is 2. The van der Waals surface area contributed by atoms with E-state index in [1.807, 2.05) is 26.8 Å². The molecule has 0 spiro atoms. The molecular formula is C24H28BN6O5S3. The fourth-order valence-corrected chi connectivity index (χ4v) is 8.44. The van der Waals surface area contributed by atoms with E-state index >= 15 is 0 Å². The average molecular weight is 588 g/mol. The number of nitrogens with zero attached hydrogens (tertiary/aromatic N) is 6. The van der Waals surface area contributed by atoms with Crippen LogP contribution in [0.4, 0.5) is 0 Å². The number of thiazole rings is 1. The van der Waals surface area contributed by atoms with Crippen LogP contribution in [-0.4, -0.2) is 55.7 Å². The summed E-state index contributed by atoms with van der Waals surface area (Å²) in [5.41, 5.74) is -0.229. The molecule has 0 aromatic carbocycles. The van der Waals surface area contributed by atoms with E-state index in [1.165, 1.54) is 22.0 Å². The highest BCUT2D eigenvalue weighted by molar-refractivity contribution is 7.92. The summed E-state index contributed by atoms with van der Waals surface area (Å²) in [6, 6.07) is 3.23. The Kier molecular flexibility index (Phi) is 7.06. The summed E-state index contributed by atoms with van der Waals surface area (Å²) in [5, 5.41) is 5.47. The van der Waals surface area contributed by atoms with Crippen molar-refractivity contribution < 1.29 is 13.2 Å². The third kappa shape index (κ3) is 4.96. The van der Waals surface area contributed by atoms with E-state index in [0.717, 1.165) is 48.8 Å². The van der Waals surface area contributed by atoms with Crippen molar-refractivity contribution in [3.8, 4) is 0 Å². The number of rotatable bonds is 10. The first-order valence-electron chi connectivity index (χ1n) is 12.4. The summed E-state index contributed by atoms with van der Waals surface area (Å²) >= 11 is 2.24. The number of sulfonamides is 1. The van der Waals surface area contributed by atoms with Gasteiger partial charge in [0.25, 0.3) is 5.56 Å². The molecule has 0 bridgehead atoms. The van der Waals surface area contributed by atoms with Gasteiger partial charge < -0.3 is 4.79 Å². The van der Waals surface area contributed by atoms with E-state index in [2.05, 4.69) is 10.1 Å². The van der Waals surface area contributed by atoms with Gasteiger partial charge in [-0.3, -0.25) is 18.6 Å². The highest BCUT2D eigenvalue weighted by atomic mass is 32.2. The van der Waals surface area contributed by atoms with Crippen molar-refractivity contribution in [2.24, 2.45) is 7.05 Å². The third-order valence-electron chi connectivity index (χ3n) is 6.98. The fourth-order valence-electron chi connectivity index (χ4n) is 4.44. The molecule has 4 aromatic rings. The van der Waals surface area contributed by atoms with Crippen molar-refractivity contribution in [1.82, 2.24) is 28.1 Å². The molecule has 11 nitrogen and oxygen atoms in total. The summed E-state index contributed by atoms with van der Waals surface area (Å²) < 4.78 is 32.6. The van der Waals surface area contributed by atoms with Gasteiger partial charge >= 0.3 is 13.1 Å². The quantitative estimate of drug-likeness (QED) is 0.206. The summed E-state index contributed by atoms with van der Waals surface area (Å²) in [5.74, 6) is 0.174. The van der Waals surface area contributed by atoms with Crippen LogP contribution < -0.4 is 11.2 Å². The Labute approximate surface area is 234 Å². The van der Waals surface area contributed by atoms with Crippen molar-refractivity contribution in [3.63, 3.8) is 0 Å². The van der Waals surface area contributed by atoms with E-state index in [0.29, 0.717) is 19.0 Å². The molecule has 0 saturated heterocycles. The van der Waals surface area contributed by atoms with Gasteiger partial charge in [0, 0.05) is 23.7 Å². The minimum absolute atomic E-state index is 0.0167. The Morgan fingerprint density at radius 2 is 1.90 bits per heavy atom. The lowest BCUT2D eigenvalue weighted by atomic mass is 9.96. The van der Waals surface area contributed by atoms with Crippen molar-refractivity contribution >= 4 is 56.5 Å². The number of carbonyl (C=O) groups is 1. The zero-order chi connectivity index (χ0) is 28.3. The maximum Gasteiger partial charge on any atom is 0.332 e. The van der Waals surface area contributed by atoms with Crippen LogP contribution in [0.15, 0.2) is 32.1 Å². The highest BCUT2D eigenvalue weighted by Crippen LogP contribution is 2.44. The molecule has 1 radical (unpaired) electrons. The van der Waals surface area contributed by atoms with Gasteiger partial charge in [0.15, 0.2) is 0 Å². The predicted octanol–water partition coefficient (Wildman–Crippen LogP) is 2.30. The summed E-state index contributed by atoms with van der Waals surface area (Å²) in [4.78, 5) is 44.0. The second-order valence-electron chi connectivity index (χ2n) is 10.3. The molecule has 0 unspecified atom stereocenters. The van der Waals surface area contributed by atoms with Crippen LogP contribution in [0, 0.1) is 6.92 Å². The normalized spacial score (nSPS) is 14.9. The van der Waals surface area contributed by atoms with Crippen LogP contribution >= 0.6 is 22.7 Å². The molecule has 1 aliphatic carbocycles. The van der Waals surface area contributed by atoms with Crippen LogP contribution in [0.2, 0.25) is 0 Å². The van der Waals surface area contributed by atoms with Gasteiger partial charge in [-0.25, -0.2) is 22.4 Å². The van der Waals surface area contributed by atoms with Crippen molar-refractivity contribution in [2.45, 2.75) is 69.3 Å². The van der Waals surface area contributed by atoms with Crippen molar-refractivity contribution in [2.75, 3.05) is 0 Å². The molecule has 205 valence electrons. The molecule has 1 aliphatic rings. The van der Waals surface area contributed by atoms with Crippen LogP contribution in [0.1, 0.15) is 60.8 Å². The minimum Gasteiger partial charge on any atom is -0.313 e. The SMILES string of the molecule is Cc1ncc(Cn2c(=O)c3cc(S(=O)(=O)N([B]C=O)C4(C)CC4)sc3n(Cc3cc(C(C)C)nn3C)c2=O)s1. The molecule has 1 saturated carbocycles. The summed E-state index contributed by atoms with van der Waals surface area (Å²) in [7, 11) is -1.34. The highest BCUT2D eigenvalue weighted by Gasteiger charge is 2.49.